The summed E-state index contributed by atoms with van der Waals surface area (Å²) in [7, 11) is 1.58. The van der Waals surface area contributed by atoms with E-state index in [1.807, 2.05) is 36.6 Å². The van der Waals surface area contributed by atoms with Crippen molar-refractivity contribution >= 4 is 28.5 Å². The average Bonchev–Trinajstić information content (AvgIpc) is 3.02. The second-order valence-electron chi connectivity index (χ2n) is 5.72. The SMILES string of the molecule is Cc1c(C)n2c3c(=O)[nH]c(=O)n(C)c3nc2n1-c1cccc(Cl)c1. The van der Waals surface area contributed by atoms with Crippen molar-refractivity contribution in [3.05, 3.63) is 61.5 Å². The highest BCUT2D eigenvalue weighted by atomic mass is 35.5. The maximum atomic E-state index is 12.3. The highest BCUT2D eigenvalue weighted by molar-refractivity contribution is 6.30. The molecule has 3 aromatic heterocycles. The van der Waals surface area contributed by atoms with E-state index in [2.05, 4.69) is 9.97 Å². The van der Waals surface area contributed by atoms with Gasteiger partial charge in [-0.2, -0.15) is 4.98 Å². The minimum atomic E-state index is -0.489. The van der Waals surface area contributed by atoms with Crippen LogP contribution in [0.15, 0.2) is 33.9 Å². The lowest BCUT2D eigenvalue weighted by Crippen LogP contribution is -2.28. The Hall–Kier alpha value is -2.80. The van der Waals surface area contributed by atoms with Crippen molar-refractivity contribution in [2.24, 2.45) is 7.05 Å². The van der Waals surface area contributed by atoms with E-state index in [0.29, 0.717) is 22.0 Å². The Morgan fingerprint density at radius 2 is 1.92 bits per heavy atom. The fourth-order valence-electron chi connectivity index (χ4n) is 3.04. The molecule has 0 amide bonds. The number of benzene rings is 1. The second-order valence-corrected chi connectivity index (χ2v) is 6.16. The monoisotopic (exact) mass is 343 g/mol. The zero-order valence-corrected chi connectivity index (χ0v) is 14.0. The van der Waals surface area contributed by atoms with E-state index >= 15 is 0 Å². The van der Waals surface area contributed by atoms with Crippen molar-refractivity contribution in [3.63, 3.8) is 0 Å². The molecule has 4 rings (SSSR count). The minimum Gasteiger partial charge on any atom is -0.283 e. The first-order chi connectivity index (χ1) is 11.4. The molecular weight excluding hydrogens is 330 g/mol. The van der Waals surface area contributed by atoms with E-state index in [0.717, 1.165) is 17.1 Å². The highest BCUT2D eigenvalue weighted by Gasteiger charge is 2.21. The first-order valence-electron chi connectivity index (χ1n) is 7.35. The van der Waals surface area contributed by atoms with Gasteiger partial charge in [-0.3, -0.25) is 23.3 Å². The summed E-state index contributed by atoms with van der Waals surface area (Å²) in [6.07, 6.45) is 0. The van der Waals surface area contributed by atoms with E-state index in [4.69, 9.17) is 11.6 Å². The van der Waals surface area contributed by atoms with Gasteiger partial charge in [0.25, 0.3) is 5.56 Å². The number of rotatable bonds is 1. The molecule has 24 heavy (non-hydrogen) atoms. The van der Waals surface area contributed by atoms with Crippen LogP contribution in [-0.4, -0.2) is 23.5 Å². The van der Waals surface area contributed by atoms with Crippen LogP contribution in [0.4, 0.5) is 0 Å². The molecule has 0 spiro atoms. The van der Waals surface area contributed by atoms with Gasteiger partial charge in [0.05, 0.1) is 5.69 Å². The Morgan fingerprint density at radius 3 is 2.62 bits per heavy atom. The molecule has 3 heterocycles. The normalized spacial score (nSPS) is 11.7. The first kappa shape index (κ1) is 14.8. The molecule has 4 aromatic rings. The summed E-state index contributed by atoms with van der Waals surface area (Å²) >= 11 is 6.11. The Kier molecular flexibility index (Phi) is 2.98. The topological polar surface area (TPSA) is 77.1 Å². The van der Waals surface area contributed by atoms with Gasteiger partial charge in [-0.15, -0.1) is 0 Å². The van der Waals surface area contributed by atoms with Gasteiger partial charge < -0.3 is 0 Å². The molecule has 0 aliphatic heterocycles. The average molecular weight is 344 g/mol. The van der Waals surface area contributed by atoms with Crippen LogP contribution in [0.1, 0.15) is 11.4 Å². The summed E-state index contributed by atoms with van der Waals surface area (Å²) in [5.41, 5.74) is 2.41. The van der Waals surface area contributed by atoms with Gasteiger partial charge in [0.1, 0.15) is 0 Å². The molecule has 122 valence electrons. The number of aromatic nitrogens is 5. The van der Waals surface area contributed by atoms with Crippen molar-refractivity contribution in [2.45, 2.75) is 13.8 Å². The van der Waals surface area contributed by atoms with Crippen molar-refractivity contribution in [1.29, 1.82) is 0 Å². The number of aromatic amines is 1. The third-order valence-corrected chi connectivity index (χ3v) is 4.60. The molecule has 0 aliphatic rings. The lowest BCUT2D eigenvalue weighted by atomic mass is 10.3. The summed E-state index contributed by atoms with van der Waals surface area (Å²) in [6.45, 7) is 3.86. The van der Waals surface area contributed by atoms with Crippen molar-refractivity contribution in [3.8, 4) is 5.69 Å². The van der Waals surface area contributed by atoms with E-state index in [-0.39, 0.29) is 0 Å². The van der Waals surface area contributed by atoms with Crippen molar-refractivity contribution in [1.82, 2.24) is 23.5 Å². The molecule has 0 saturated heterocycles. The van der Waals surface area contributed by atoms with E-state index in [1.165, 1.54) is 4.57 Å². The predicted octanol–water partition coefficient (Wildman–Crippen LogP) is 1.94. The van der Waals surface area contributed by atoms with E-state index < -0.39 is 11.2 Å². The van der Waals surface area contributed by atoms with Crippen LogP contribution >= 0.6 is 11.6 Å². The standard InChI is InChI=1S/C16H14ClN5O2/c1-8-9(2)22-12-13(20(3)16(24)19-14(12)23)18-15(22)21(8)11-6-4-5-10(17)7-11/h4-7H,1-3H3,(H,19,23,24). The molecule has 0 unspecified atom stereocenters. The smallest absolute Gasteiger partial charge is 0.283 e. The summed E-state index contributed by atoms with van der Waals surface area (Å²) in [5, 5.41) is 0.609. The van der Waals surface area contributed by atoms with E-state index in [1.54, 1.807) is 17.5 Å². The van der Waals surface area contributed by atoms with Gasteiger partial charge in [-0.25, -0.2) is 4.79 Å². The zero-order valence-electron chi connectivity index (χ0n) is 13.3. The van der Waals surface area contributed by atoms with Crippen LogP contribution in [0.5, 0.6) is 0 Å². The fourth-order valence-corrected chi connectivity index (χ4v) is 3.22. The molecule has 8 heteroatoms. The van der Waals surface area contributed by atoms with Gasteiger partial charge in [0.15, 0.2) is 11.2 Å². The molecule has 1 aromatic carbocycles. The number of aryl methyl sites for hydroxylation is 2. The Morgan fingerprint density at radius 1 is 1.17 bits per heavy atom. The Bertz CT molecular complexity index is 1240. The van der Waals surface area contributed by atoms with Gasteiger partial charge in [0.2, 0.25) is 5.78 Å². The van der Waals surface area contributed by atoms with Gasteiger partial charge in [0, 0.05) is 23.5 Å². The zero-order chi connectivity index (χ0) is 17.2. The lowest BCUT2D eigenvalue weighted by Gasteiger charge is -2.06. The van der Waals surface area contributed by atoms with Crippen LogP contribution in [0.25, 0.3) is 22.6 Å². The molecule has 7 nitrogen and oxygen atoms in total. The molecule has 0 radical (unpaired) electrons. The second kappa shape index (κ2) is 4.85. The quantitative estimate of drug-likeness (QED) is 0.573. The number of hydrogen-bond acceptors (Lipinski definition) is 3. The number of imidazole rings is 2. The maximum absolute atomic E-state index is 12.3. The molecule has 0 saturated carbocycles. The molecule has 1 N–H and O–H groups in total. The van der Waals surface area contributed by atoms with Crippen LogP contribution in [0.3, 0.4) is 0 Å². The number of fused-ring (bicyclic) bond motifs is 3. The third-order valence-electron chi connectivity index (χ3n) is 4.36. The number of hydrogen-bond donors (Lipinski definition) is 1. The first-order valence-corrected chi connectivity index (χ1v) is 7.73. The van der Waals surface area contributed by atoms with E-state index in [9.17, 15) is 9.59 Å². The maximum Gasteiger partial charge on any atom is 0.329 e. The molecular formula is C16H14ClN5O2. The lowest BCUT2D eigenvalue weighted by molar-refractivity contribution is 0.830. The number of nitrogens with zero attached hydrogens (tertiary/aromatic N) is 4. The van der Waals surface area contributed by atoms with Gasteiger partial charge in [-0.1, -0.05) is 17.7 Å². The number of halogens is 1. The molecule has 0 atom stereocenters. The van der Waals surface area contributed by atoms with Gasteiger partial charge in [-0.05, 0) is 32.0 Å². The van der Waals surface area contributed by atoms with Crippen LogP contribution < -0.4 is 11.2 Å². The van der Waals surface area contributed by atoms with Crippen LogP contribution in [0.2, 0.25) is 5.02 Å². The summed E-state index contributed by atoms with van der Waals surface area (Å²) in [6, 6.07) is 7.40. The third kappa shape index (κ3) is 1.81. The van der Waals surface area contributed by atoms with Crippen LogP contribution in [-0.2, 0) is 7.05 Å². The highest BCUT2D eigenvalue weighted by Crippen LogP contribution is 2.25. The number of H-pyrrole nitrogens is 1. The summed E-state index contributed by atoms with van der Waals surface area (Å²) in [4.78, 5) is 31.0. The molecule has 0 fully saturated rings. The Labute approximate surface area is 140 Å². The summed E-state index contributed by atoms with van der Waals surface area (Å²) in [5.74, 6) is 0.564. The predicted molar refractivity (Wildman–Crippen MR) is 92.4 cm³/mol. The molecule has 0 aliphatic carbocycles. The molecule has 0 bridgehead atoms. The van der Waals surface area contributed by atoms with Crippen LogP contribution in [0, 0.1) is 13.8 Å². The van der Waals surface area contributed by atoms with Crippen molar-refractivity contribution in [2.75, 3.05) is 0 Å². The largest absolute Gasteiger partial charge is 0.329 e. The van der Waals surface area contributed by atoms with Gasteiger partial charge >= 0.3 is 5.69 Å². The summed E-state index contributed by atoms with van der Waals surface area (Å²) < 4.78 is 5.02. The minimum absolute atomic E-state index is 0.345. The number of nitrogens with one attached hydrogen (secondary N) is 1. The Balaban J connectivity index is 2.25. The van der Waals surface area contributed by atoms with Crippen molar-refractivity contribution < 1.29 is 0 Å². The fraction of sp³-hybridized carbons (Fsp3) is 0.188.